The Morgan fingerprint density at radius 3 is 1.87 bits per heavy atom. The number of hydrogen-bond acceptors (Lipinski definition) is 3. The molecule has 23 heavy (non-hydrogen) atoms. The fraction of sp³-hybridized carbons (Fsp3) is 0. The molecule has 0 saturated carbocycles. The third kappa shape index (κ3) is 1.35. The minimum absolute atomic E-state index is 0.405. The van der Waals surface area contributed by atoms with Gasteiger partial charge in [0.2, 0.25) is 5.43 Å². The zero-order valence-corrected chi connectivity index (χ0v) is 12.0. The van der Waals surface area contributed by atoms with Crippen LogP contribution in [0.1, 0.15) is 0 Å². The van der Waals surface area contributed by atoms with Gasteiger partial charge in [-0.05, 0) is 26.9 Å². The van der Waals surface area contributed by atoms with Crippen LogP contribution in [0.25, 0.3) is 43.1 Å². The highest BCUT2D eigenvalue weighted by molar-refractivity contribution is 6.33. The molecule has 0 aliphatic heterocycles. The summed E-state index contributed by atoms with van der Waals surface area (Å²) in [6.07, 6.45) is 0. The summed E-state index contributed by atoms with van der Waals surface area (Å²) in [6, 6.07) is 17.2. The highest BCUT2D eigenvalue weighted by atomic mass is 16.3. The number of hydrogen-bond donors (Lipinski definition) is 1. The Kier molecular flexibility index (Phi) is 2.13. The van der Waals surface area contributed by atoms with Crippen molar-refractivity contribution < 1.29 is 5.11 Å². The van der Waals surface area contributed by atoms with Gasteiger partial charge in [0.25, 0.3) is 5.43 Å². The van der Waals surface area contributed by atoms with Crippen LogP contribution in [0, 0.1) is 0 Å². The van der Waals surface area contributed by atoms with Gasteiger partial charge in [-0.1, -0.05) is 54.6 Å². The first kappa shape index (κ1) is 12.4. The summed E-state index contributed by atoms with van der Waals surface area (Å²) >= 11 is 0. The van der Waals surface area contributed by atoms with Gasteiger partial charge in [-0.3, -0.25) is 9.59 Å². The smallest absolute Gasteiger partial charge is 0.268 e. The van der Waals surface area contributed by atoms with Gasteiger partial charge in [0.15, 0.2) is 5.75 Å². The molecule has 0 spiro atoms. The third-order valence-corrected chi connectivity index (χ3v) is 4.68. The molecule has 0 aromatic heterocycles. The first-order valence-electron chi connectivity index (χ1n) is 7.36. The van der Waals surface area contributed by atoms with E-state index in [1.165, 1.54) is 0 Å². The molecule has 0 atom stereocenters. The average Bonchev–Trinajstić information content (AvgIpc) is 2.59. The van der Waals surface area contributed by atoms with E-state index in [-0.39, 0.29) is 0 Å². The zero-order chi connectivity index (χ0) is 15.7. The van der Waals surface area contributed by atoms with E-state index in [4.69, 9.17) is 0 Å². The van der Waals surface area contributed by atoms with Crippen molar-refractivity contribution in [3.05, 3.63) is 75.0 Å². The first-order valence-corrected chi connectivity index (χ1v) is 7.36. The molecule has 108 valence electrons. The summed E-state index contributed by atoms with van der Waals surface area (Å²) in [6.45, 7) is 0. The first-order chi connectivity index (χ1) is 11.2. The standard InChI is InChI=1S/C20H10O3/c21-18-14-9-3-7-12-11-6-1-4-10-5-2-8-13(15(10)11)17(16(12)14)19(22)20(18)23/h1-9,21H. The number of fused-ring (bicyclic) bond motifs is 2. The lowest BCUT2D eigenvalue weighted by Gasteiger charge is -2.13. The highest BCUT2D eigenvalue weighted by Gasteiger charge is 2.19. The highest BCUT2D eigenvalue weighted by Crippen LogP contribution is 2.39. The molecule has 0 saturated heterocycles. The monoisotopic (exact) mass is 298 g/mol. The molecule has 0 unspecified atom stereocenters. The minimum atomic E-state index is -0.832. The van der Waals surface area contributed by atoms with Crippen LogP contribution in [0.4, 0.5) is 0 Å². The van der Waals surface area contributed by atoms with Crippen LogP contribution in [-0.4, -0.2) is 5.11 Å². The molecule has 3 heteroatoms. The van der Waals surface area contributed by atoms with E-state index >= 15 is 0 Å². The molecule has 5 aromatic carbocycles. The fourth-order valence-electron chi connectivity index (χ4n) is 3.73. The largest absolute Gasteiger partial charge is 0.504 e. The number of phenolic OH excluding ortho intramolecular Hbond substituents is 1. The molecule has 0 aliphatic carbocycles. The molecule has 3 nitrogen and oxygen atoms in total. The lowest BCUT2D eigenvalue weighted by molar-refractivity contribution is 0.476. The summed E-state index contributed by atoms with van der Waals surface area (Å²) in [5, 5.41) is 16.3. The van der Waals surface area contributed by atoms with Crippen LogP contribution in [0.5, 0.6) is 5.75 Å². The van der Waals surface area contributed by atoms with E-state index in [0.717, 1.165) is 26.9 Å². The second kappa shape index (κ2) is 3.96. The van der Waals surface area contributed by atoms with Crippen molar-refractivity contribution in [2.45, 2.75) is 0 Å². The van der Waals surface area contributed by atoms with E-state index < -0.39 is 16.6 Å². The maximum Gasteiger partial charge on any atom is 0.268 e. The molecule has 1 N–H and O–H groups in total. The van der Waals surface area contributed by atoms with Gasteiger partial charge in [0.05, 0.1) is 0 Å². The summed E-state index contributed by atoms with van der Waals surface area (Å²) in [5.41, 5.74) is -1.47. The Hall–Kier alpha value is -3.20. The number of rotatable bonds is 0. The van der Waals surface area contributed by atoms with Crippen LogP contribution in [0.2, 0.25) is 0 Å². The fourth-order valence-corrected chi connectivity index (χ4v) is 3.73. The predicted molar refractivity (Wildman–Crippen MR) is 93.0 cm³/mol. The van der Waals surface area contributed by atoms with Crippen LogP contribution >= 0.6 is 0 Å². The lowest BCUT2D eigenvalue weighted by Crippen LogP contribution is -2.23. The number of benzene rings is 5. The van der Waals surface area contributed by atoms with Gasteiger partial charge >= 0.3 is 0 Å². The Morgan fingerprint density at radius 2 is 1.13 bits per heavy atom. The molecule has 0 radical (unpaired) electrons. The summed E-state index contributed by atoms with van der Waals surface area (Å²) in [5.74, 6) is -0.456. The van der Waals surface area contributed by atoms with Gasteiger partial charge in [0.1, 0.15) is 0 Å². The van der Waals surface area contributed by atoms with Gasteiger partial charge in [-0.25, -0.2) is 0 Å². The Bertz CT molecular complexity index is 1350. The molecule has 0 amide bonds. The molecule has 0 aliphatic rings. The Labute approximate surface area is 129 Å². The predicted octanol–water partition coefficient (Wildman–Crippen LogP) is 3.60. The SMILES string of the molecule is O=c1c(O)c2cccc3c4cccc5cccc(c(c1=O)c23)c54. The van der Waals surface area contributed by atoms with Crippen molar-refractivity contribution in [1.29, 1.82) is 0 Å². The van der Waals surface area contributed by atoms with E-state index in [0.29, 0.717) is 16.2 Å². The van der Waals surface area contributed by atoms with Gasteiger partial charge in [-0.2, -0.15) is 0 Å². The maximum atomic E-state index is 12.6. The van der Waals surface area contributed by atoms with Gasteiger partial charge in [-0.15, -0.1) is 0 Å². The Morgan fingerprint density at radius 1 is 0.565 bits per heavy atom. The quantitative estimate of drug-likeness (QED) is 0.270. The number of phenols is 1. The van der Waals surface area contributed by atoms with Crippen LogP contribution in [0.15, 0.2) is 64.2 Å². The average molecular weight is 298 g/mol. The van der Waals surface area contributed by atoms with Crippen molar-refractivity contribution >= 4 is 43.1 Å². The van der Waals surface area contributed by atoms with E-state index in [2.05, 4.69) is 0 Å². The summed E-state index contributed by atoms with van der Waals surface area (Å²) < 4.78 is 0. The van der Waals surface area contributed by atoms with Crippen LogP contribution in [0.3, 0.4) is 0 Å². The molecular formula is C20H10O3. The van der Waals surface area contributed by atoms with Crippen molar-refractivity contribution in [2.75, 3.05) is 0 Å². The Balaban J connectivity index is 2.37. The second-order valence-corrected chi connectivity index (χ2v) is 5.82. The van der Waals surface area contributed by atoms with Crippen molar-refractivity contribution in [3.63, 3.8) is 0 Å². The van der Waals surface area contributed by atoms with Gasteiger partial charge in [0, 0.05) is 16.2 Å². The van der Waals surface area contributed by atoms with Crippen LogP contribution < -0.4 is 10.9 Å². The van der Waals surface area contributed by atoms with E-state index in [9.17, 15) is 14.7 Å². The van der Waals surface area contributed by atoms with E-state index in [1.807, 2.05) is 42.5 Å². The van der Waals surface area contributed by atoms with Crippen molar-refractivity contribution in [2.24, 2.45) is 0 Å². The van der Waals surface area contributed by atoms with Crippen LogP contribution in [-0.2, 0) is 0 Å². The third-order valence-electron chi connectivity index (χ3n) is 4.68. The molecular weight excluding hydrogens is 288 g/mol. The summed E-state index contributed by atoms with van der Waals surface area (Å²) in [4.78, 5) is 24.8. The minimum Gasteiger partial charge on any atom is -0.504 e. The molecule has 0 fully saturated rings. The second-order valence-electron chi connectivity index (χ2n) is 5.82. The molecule has 0 bridgehead atoms. The lowest BCUT2D eigenvalue weighted by atomic mass is 9.89. The van der Waals surface area contributed by atoms with Crippen molar-refractivity contribution in [1.82, 2.24) is 0 Å². The normalized spacial score (nSPS) is 12.0. The number of aromatic hydroxyl groups is 1. The molecule has 0 heterocycles. The maximum absolute atomic E-state index is 12.6. The van der Waals surface area contributed by atoms with Gasteiger partial charge < -0.3 is 5.11 Å². The zero-order valence-electron chi connectivity index (χ0n) is 12.0. The molecule has 5 aromatic rings. The summed E-state index contributed by atoms with van der Waals surface area (Å²) in [7, 11) is 0. The molecule has 5 rings (SSSR count). The van der Waals surface area contributed by atoms with E-state index in [1.54, 1.807) is 12.1 Å². The topological polar surface area (TPSA) is 54.4 Å². The van der Waals surface area contributed by atoms with Crippen molar-refractivity contribution in [3.8, 4) is 5.75 Å².